The largest absolute Gasteiger partial charge is 0.378 e. The molecule has 0 aliphatic carbocycles. The van der Waals surface area contributed by atoms with Crippen LogP contribution in [0.5, 0.6) is 0 Å². The van der Waals surface area contributed by atoms with Crippen LogP contribution >= 0.6 is 0 Å². The first-order chi connectivity index (χ1) is 12.0. The second-order valence-electron chi connectivity index (χ2n) is 6.71. The zero-order valence-electron chi connectivity index (χ0n) is 15.3. The van der Waals surface area contributed by atoms with E-state index in [4.69, 9.17) is 4.74 Å². The molecule has 1 aromatic rings. The van der Waals surface area contributed by atoms with Gasteiger partial charge < -0.3 is 20.7 Å². The topological polar surface area (TPSA) is 79.5 Å². The molecule has 3 N–H and O–H groups in total. The molecule has 1 aliphatic rings. The van der Waals surface area contributed by atoms with Gasteiger partial charge in [0.2, 0.25) is 0 Å². The van der Waals surface area contributed by atoms with Gasteiger partial charge in [0.25, 0.3) is 5.91 Å². The lowest BCUT2D eigenvalue weighted by molar-refractivity contribution is 0.0154. The highest BCUT2D eigenvalue weighted by atomic mass is 16.5. The van der Waals surface area contributed by atoms with Crippen LogP contribution in [0.3, 0.4) is 0 Å². The molecule has 0 saturated carbocycles. The molecule has 0 unspecified atom stereocenters. The minimum Gasteiger partial charge on any atom is -0.378 e. The van der Waals surface area contributed by atoms with Crippen molar-refractivity contribution in [1.82, 2.24) is 16.0 Å². The van der Waals surface area contributed by atoms with Gasteiger partial charge >= 0.3 is 6.03 Å². The van der Waals surface area contributed by atoms with E-state index < -0.39 is 0 Å². The van der Waals surface area contributed by atoms with E-state index in [0.29, 0.717) is 18.7 Å². The lowest BCUT2D eigenvalue weighted by Gasteiger charge is -2.27. The lowest BCUT2D eigenvalue weighted by atomic mass is 10.0. The molecule has 3 atom stereocenters. The number of carbonyl (C=O) groups excluding carboxylic acids is 2. The van der Waals surface area contributed by atoms with E-state index in [9.17, 15) is 9.59 Å². The van der Waals surface area contributed by atoms with E-state index >= 15 is 0 Å². The molecule has 1 fully saturated rings. The minimum absolute atomic E-state index is 0.0863. The van der Waals surface area contributed by atoms with E-state index in [2.05, 4.69) is 16.0 Å². The SMILES string of the molecule is CC[C@H](C)NC(=O)c1cccc(CNC(=O)N[C@@H]2CCO[C@@H](C)C2)c1. The van der Waals surface area contributed by atoms with Gasteiger partial charge in [-0.15, -0.1) is 0 Å². The standard InChI is InChI=1S/C19H29N3O3/c1-4-13(2)21-18(23)16-7-5-6-15(11-16)12-20-19(24)22-17-8-9-25-14(3)10-17/h5-7,11,13-14,17H,4,8-10,12H2,1-3H3,(H,21,23)(H2,20,22,24)/t13-,14-,17+/m0/s1. The normalized spacial score (nSPS) is 21.2. The summed E-state index contributed by atoms with van der Waals surface area (Å²) in [5.74, 6) is -0.0863. The number of benzene rings is 1. The third-order valence-electron chi connectivity index (χ3n) is 4.45. The minimum atomic E-state index is -0.187. The fourth-order valence-electron chi connectivity index (χ4n) is 2.78. The quantitative estimate of drug-likeness (QED) is 0.740. The molecule has 1 saturated heterocycles. The molecule has 6 heteroatoms. The number of hydrogen-bond donors (Lipinski definition) is 3. The van der Waals surface area contributed by atoms with E-state index in [1.807, 2.05) is 39.0 Å². The number of urea groups is 1. The fraction of sp³-hybridized carbons (Fsp3) is 0.579. The second kappa shape index (κ2) is 9.42. The molecule has 25 heavy (non-hydrogen) atoms. The molecule has 3 amide bonds. The predicted molar refractivity (Wildman–Crippen MR) is 97.5 cm³/mol. The highest BCUT2D eigenvalue weighted by molar-refractivity contribution is 5.94. The monoisotopic (exact) mass is 347 g/mol. The number of nitrogens with one attached hydrogen (secondary N) is 3. The molecule has 0 spiro atoms. The van der Waals surface area contributed by atoms with Gasteiger partial charge in [0.1, 0.15) is 0 Å². The number of amides is 3. The molecule has 1 aromatic carbocycles. The maximum Gasteiger partial charge on any atom is 0.315 e. The third kappa shape index (κ3) is 6.38. The highest BCUT2D eigenvalue weighted by Crippen LogP contribution is 2.13. The second-order valence-corrected chi connectivity index (χ2v) is 6.71. The number of carbonyl (C=O) groups is 2. The number of hydrogen-bond acceptors (Lipinski definition) is 3. The summed E-state index contributed by atoms with van der Waals surface area (Å²) in [7, 11) is 0. The smallest absolute Gasteiger partial charge is 0.315 e. The van der Waals surface area contributed by atoms with Crippen LogP contribution in [0.15, 0.2) is 24.3 Å². The van der Waals surface area contributed by atoms with E-state index in [0.717, 1.165) is 24.8 Å². The molecule has 6 nitrogen and oxygen atoms in total. The summed E-state index contributed by atoms with van der Waals surface area (Å²) in [4.78, 5) is 24.2. The molecule has 0 bridgehead atoms. The zero-order chi connectivity index (χ0) is 18.2. The third-order valence-corrected chi connectivity index (χ3v) is 4.45. The van der Waals surface area contributed by atoms with Crippen LogP contribution in [0.25, 0.3) is 0 Å². The summed E-state index contributed by atoms with van der Waals surface area (Å²) in [5, 5.41) is 8.78. The fourth-order valence-corrected chi connectivity index (χ4v) is 2.78. The first-order valence-corrected chi connectivity index (χ1v) is 9.03. The Morgan fingerprint density at radius 1 is 1.36 bits per heavy atom. The van der Waals surface area contributed by atoms with Crippen LogP contribution in [0, 0.1) is 0 Å². The molecular formula is C19H29N3O3. The van der Waals surface area contributed by atoms with Crippen LogP contribution in [-0.4, -0.2) is 36.7 Å². The Morgan fingerprint density at radius 3 is 2.88 bits per heavy atom. The highest BCUT2D eigenvalue weighted by Gasteiger charge is 2.20. The molecule has 0 radical (unpaired) electrons. The van der Waals surface area contributed by atoms with Crippen LogP contribution in [0.1, 0.15) is 56.0 Å². The van der Waals surface area contributed by atoms with Crippen LogP contribution in [0.4, 0.5) is 4.79 Å². The molecule has 0 aromatic heterocycles. The molecule has 138 valence electrons. The van der Waals surface area contributed by atoms with Crippen molar-refractivity contribution >= 4 is 11.9 Å². The van der Waals surface area contributed by atoms with E-state index in [1.54, 1.807) is 6.07 Å². The molecule has 1 aliphatic heterocycles. The van der Waals surface area contributed by atoms with Gasteiger partial charge in [0, 0.05) is 30.8 Å². The average molecular weight is 347 g/mol. The Morgan fingerprint density at radius 2 is 2.16 bits per heavy atom. The van der Waals surface area contributed by atoms with Gasteiger partial charge in [-0.25, -0.2) is 4.79 Å². The summed E-state index contributed by atoms with van der Waals surface area (Å²) in [6.07, 6.45) is 2.74. The molecule has 1 heterocycles. The van der Waals surface area contributed by atoms with Crippen molar-refractivity contribution in [2.45, 2.75) is 64.8 Å². The molecular weight excluding hydrogens is 318 g/mol. The Bertz CT molecular complexity index is 591. The van der Waals surface area contributed by atoms with Gasteiger partial charge in [0.15, 0.2) is 0 Å². The summed E-state index contributed by atoms with van der Waals surface area (Å²) in [6.45, 7) is 7.09. The number of ether oxygens (including phenoxy) is 1. The van der Waals surface area contributed by atoms with Gasteiger partial charge in [-0.3, -0.25) is 4.79 Å². The van der Waals surface area contributed by atoms with Crippen LogP contribution in [-0.2, 0) is 11.3 Å². The summed E-state index contributed by atoms with van der Waals surface area (Å²) < 4.78 is 5.48. The van der Waals surface area contributed by atoms with Crippen molar-refractivity contribution in [3.8, 4) is 0 Å². The molecule has 2 rings (SSSR count). The van der Waals surface area contributed by atoms with Crippen molar-refractivity contribution in [2.24, 2.45) is 0 Å². The van der Waals surface area contributed by atoms with Crippen molar-refractivity contribution in [2.75, 3.05) is 6.61 Å². The van der Waals surface area contributed by atoms with Crippen LogP contribution in [0.2, 0.25) is 0 Å². The van der Waals surface area contributed by atoms with Gasteiger partial charge in [-0.1, -0.05) is 19.1 Å². The maximum atomic E-state index is 12.2. The van der Waals surface area contributed by atoms with Gasteiger partial charge in [-0.2, -0.15) is 0 Å². The predicted octanol–water partition coefficient (Wildman–Crippen LogP) is 2.58. The zero-order valence-corrected chi connectivity index (χ0v) is 15.3. The Hall–Kier alpha value is -2.08. The van der Waals surface area contributed by atoms with Gasteiger partial charge in [-0.05, 0) is 50.8 Å². The maximum absolute atomic E-state index is 12.2. The van der Waals surface area contributed by atoms with Gasteiger partial charge in [0.05, 0.1) is 6.10 Å². The van der Waals surface area contributed by atoms with E-state index in [1.165, 1.54) is 0 Å². The average Bonchev–Trinajstić information content (AvgIpc) is 2.60. The van der Waals surface area contributed by atoms with Crippen LogP contribution < -0.4 is 16.0 Å². The summed E-state index contributed by atoms with van der Waals surface area (Å²) >= 11 is 0. The Balaban J connectivity index is 1.83. The van der Waals surface area contributed by atoms with E-state index in [-0.39, 0.29) is 30.1 Å². The summed E-state index contributed by atoms with van der Waals surface area (Å²) in [6, 6.07) is 7.43. The van der Waals surface area contributed by atoms with Crippen molar-refractivity contribution < 1.29 is 14.3 Å². The van der Waals surface area contributed by atoms with Crippen molar-refractivity contribution in [3.05, 3.63) is 35.4 Å². The lowest BCUT2D eigenvalue weighted by Crippen LogP contribution is -2.45. The Labute approximate surface area is 149 Å². The van der Waals surface area contributed by atoms with Crippen molar-refractivity contribution in [1.29, 1.82) is 0 Å². The number of rotatable bonds is 6. The van der Waals surface area contributed by atoms with Crippen molar-refractivity contribution in [3.63, 3.8) is 0 Å². The first kappa shape index (κ1) is 19.2. The Kier molecular flexibility index (Phi) is 7.25. The summed E-state index contributed by atoms with van der Waals surface area (Å²) in [5.41, 5.74) is 1.51. The first-order valence-electron chi connectivity index (χ1n) is 9.03.